The Balaban J connectivity index is 1.84. The molecule has 1 saturated carbocycles. The summed E-state index contributed by atoms with van der Waals surface area (Å²) in [5.41, 5.74) is -0.800. The van der Waals surface area contributed by atoms with Gasteiger partial charge in [-0.1, -0.05) is 31.0 Å². The SMILES string of the molecule is O=C(NC1(CO)CCCCC1)c1cnc2n(c1=O)CCS2. The van der Waals surface area contributed by atoms with Gasteiger partial charge in [0, 0.05) is 18.5 Å². The summed E-state index contributed by atoms with van der Waals surface area (Å²) in [4.78, 5) is 28.9. The van der Waals surface area contributed by atoms with E-state index in [-0.39, 0.29) is 17.7 Å². The molecule has 114 valence electrons. The van der Waals surface area contributed by atoms with Crippen molar-refractivity contribution < 1.29 is 9.90 Å². The van der Waals surface area contributed by atoms with Gasteiger partial charge < -0.3 is 10.4 Å². The van der Waals surface area contributed by atoms with Crippen LogP contribution in [0.2, 0.25) is 0 Å². The number of aliphatic hydroxyl groups is 1. The molecule has 1 aromatic heterocycles. The molecule has 0 aromatic carbocycles. The van der Waals surface area contributed by atoms with Gasteiger partial charge in [-0.2, -0.15) is 0 Å². The molecule has 0 spiro atoms. The predicted octanol–water partition coefficient (Wildman–Crippen LogP) is 0.774. The molecule has 0 unspecified atom stereocenters. The first-order valence-corrected chi connectivity index (χ1v) is 8.30. The largest absolute Gasteiger partial charge is 0.394 e. The minimum absolute atomic E-state index is 0.0691. The summed E-state index contributed by atoms with van der Waals surface area (Å²) < 4.78 is 1.55. The highest BCUT2D eigenvalue weighted by Gasteiger charge is 2.34. The van der Waals surface area contributed by atoms with Crippen LogP contribution in [0.15, 0.2) is 16.1 Å². The lowest BCUT2D eigenvalue weighted by atomic mass is 9.82. The fourth-order valence-corrected chi connectivity index (χ4v) is 3.95. The number of aromatic nitrogens is 2. The third-order valence-corrected chi connectivity index (χ3v) is 5.26. The van der Waals surface area contributed by atoms with Crippen molar-refractivity contribution in [2.24, 2.45) is 0 Å². The van der Waals surface area contributed by atoms with Crippen LogP contribution in [-0.2, 0) is 6.54 Å². The van der Waals surface area contributed by atoms with Crippen molar-refractivity contribution in [1.29, 1.82) is 0 Å². The van der Waals surface area contributed by atoms with Crippen LogP contribution in [0, 0.1) is 0 Å². The number of fused-ring (bicyclic) bond motifs is 1. The Bertz CT molecular complexity index is 608. The van der Waals surface area contributed by atoms with Gasteiger partial charge in [0.05, 0.1) is 12.1 Å². The Kier molecular flexibility index (Phi) is 4.03. The average Bonchev–Trinajstić information content (AvgIpc) is 2.98. The summed E-state index contributed by atoms with van der Waals surface area (Å²) in [5.74, 6) is 0.393. The van der Waals surface area contributed by atoms with E-state index >= 15 is 0 Å². The van der Waals surface area contributed by atoms with E-state index in [0.717, 1.165) is 37.9 Å². The fraction of sp³-hybridized carbons (Fsp3) is 0.643. The normalized spacial score (nSPS) is 20.0. The van der Waals surface area contributed by atoms with Crippen LogP contribution in [0.3, 0.4) is 0 Å². The van der Waals surface area contributed by atoms with E-state index in [1.165, 1.54) is 18.0 Å². The smallest absolute Gasteiger partial charge is 0.267 e. The quantitative estimate of drug-likeness (QED) is 0.806. The number of hydrogen-bond acceptors (Lipinski definition) is 5. The average molecular weight is 309 g/mol. The number of carbonyl (C=O) groups is 1. The molecule has 1 aliphatic carbocycles. The zero-order valence-electron chi connectivity index (χ0n) is 11.8. The minimum Gasteiger partial charge on any atom is -0.394 e. The van der Waals surface area contributed by atoms with Crippen LogP contribution in [0.5, 0.6) is 0 Å². The minimum atomic E-state index is -0.583. The van der Waals surface area contributed by atoms with Crippen molar-refractivity contribution in [2.45, 2.75) is 49.3 Å². The highest BCUT2D eigenvalue weighted by Crippen LogP contribution is 2.28. The van der Waals surface area contributed by atoms with Crippen molar-refractivity contribution in [3.63, 3.8) is 0 Å². The van der Waals surface area contributed by atoms with E-state index in [1.807, 2.05) is 0 Å². The van der Waals surface area contributed by atoms with Gasteiger partial charge in [-0.15, -0.1) is 0 Å². The Morgan fingerprint density at radius 1 is 1.43 bits per heavy atom. The van der Waals surface area contributed by atoms with Crippen molar-refractivity contribution in [3.8, 4) is 0 Å². The first-order valence-electron chi connectivity index (χ1n) is 7.31. The molecule has 2 aliphatic rings. The van der Waals surface area contributed by atoms with Gasteiger partial charge in [0.25, 0.3) is 11.5 Å². The van der Waals surface area contributed by atoms with Crippen LogP contribution >= 0.6 is 11.8 Å². The van der Waals surface area contributed by atoms with Crippen LogP contribution in [0.1, 0.15) is 42.5 Å². The summed E-state index contributed by atoms with van der Waals surface area (Å²) in [5, 5.41) is 13.2. The highest BCUT2D eigenvalue weighted by molar-refractivity contribution is 7.99. The van der Waals surface area contributed by atoms with Crippen LogP contribution in [0.25, 0.3) is 0 Å². The maximum absolute atomic E-state index is 12.4. The lowest BCUT2D eigenvalue weighted by Gasteiger charge is -2.36. The second kappa shape index (κ2) is 5.81. The molecule has 0 bridgehead atoms. The zero-order chi connectivity index (χ0) is 14.9. The number of amides is 1. The van der Waals surface area contributed by atoms with E-state index in [0.29, 0.717) is 11.7 Å². The van der Waals surface area contributed by atoms with Gasteiger partial charge in [0.2, 0.25) is 0 Å². The molecule has 2 N–H and O–H groups in total. The molecule has 3 rings (SSSR count). The number of nitrogens with one attached hydrogen (secondary N) is 1. The molecule has 1 aliphatic heterocycles. The second-order valence-corrected chi connectivity index (χ2v) is 6.78. The van der Waals surface area contributed by atoms with E-state index in [4.69, 9.17) is 0 Å². The number of rotatable bonds is 3. The van der Waals surface area contributed by atoms with E-state index in [9.17, 15) is 14.7 Å². The third-order valence-electron chi connectivity index (χ3n) is 4.29. The van der Waals surface area contributed by atoms with Crippen molar-refractivity contribution >= 4 is 17.7 Å². The maximum atomic E-state index is 12.4. The lowest BCUT2D eigenvalue weighted by Crippen LogP contribution is -2.53. The van der Waals surface area contributed by atoms with Gasteiger partial charge in [-0.25, -0.2) is 4.98 Å². The topological polar surface area (TPSA) is 84.2 Å². The first-order chi connectivity index (χ1) is 10.2. The molecule has 0 radical (unpaired) electrons. The summed E-state index contributed by atoms with van der Waals surface area (Å²) in [6.07, 6.45) is 5.96. The molecule has 1 aromatic rings. The molecule has 6 nitrogen and oxygen atoms in total. The molecular weight excluding hydrogens is 290 g/mol. The molecule has 21 heavy (non-hydrogen) atoms. The van der Waals surface area contributed by atoms with E-state index in [2.05, 4.69) is 10.3 Å². The number of aliphatic hydroxyl groups excluding tert-OH is 1. The molecule has 1 amide bonds. The number of thioether (sulfide) groups is 1. The molecule has 2 heterocycles. The number of hydrogen-bond donors (Lipinski definition) is 2. The first kappa shape index (κ1) is 14.6. The van der Waals surface area contributed by atoms with Gasteiger partial charge in [0.1, 0.15) is 5.56 Å². The Hall–Kier alpha value is -1.34. The van der Waals surface area contributed by atoms with Crippen LogP contribution in [0.4, 0.5) is 0 Å². The Morgan fingerprint density at radius 3 is 2.90 bits per heavy atom. The molecule has 0 saturated heterocycles. The van der Waals surface area contributed by atoms with Gasteiger partial charge in [0.15, 0.2) is 5.16 Å². The maximum Gasteiger partial charge on any atom is 0.267 e. The monoisotopic (exact) mass is 309 g/mol. The zero-order valence-corrected chi connectivity index (χ0v) is 12.6. The summed E-state index contributed by atoms with van der Waals surface area (Å²) in [7, 11) is 0. The Morgan fingerprint density at radius 2 is 2.19 bits per heavy atom. The lowest BCUT2D eigenvalue weighted by molar-refractivity contribution is 0.0756. The second-order valence-electron chi connectivity index (χ2n) is 5.71. The van der Waals surface area contributed by atoms with Crippen LogP contribution < -0.4 is 10.9 Å². The number of carbonyl (C=O) groups excluding carboxylic acids is 1. The summed E-state index contributed by atoms with van der Waals surface area (Å²) in [6, 6.07) is 0. The molecule has 7 heteroatoms. The van der Waals surface area contributed by atoms with Crippen molar-refractivity contribution in [2.75, 3.05) is 12.4 Å². The predicted molar refractivity (Wildman–Crippen MR) is 79.6 cm³/mol. The highest BCUT2D eigenvalue weighted by atomic mass is 32.2. The van der Waals surface area contributed by atoms with Gasteiger partial charge in [-0.3, -0.25) is 14.2 Å². The fourth-order valence-electron chi connectivity index (χ4n) is 3.03. The summed E-state index contributed by atoms with van der Waals surface area (Å²) in [6.45, 7) is 0.506. The standard InChI is InChI=1S/C14H19N3O3S/c18-9-14(4-2-1-3-5-14)16-11(19)10-8-15-13-17(12(10)20)6-7-21-13/h8,18H,1-7,9H2,(H,16,19). The number of nitrogens with zero attached hydrogens (tertiary/aromatic N) is 2. The van der Waals surface area contributed by atoms with Gasteiger partial charge in [-0.05, 0) is 12.8 Å². The molecule has 0 atom stereocenters. The van der Waals surface area contributed by atoms with E-state index in [1.54, 1.807) is 4.57 Å². The van der Waals surface area contributed by atoms with E-state index < -0.39 is 11.4 Å². The van der Waals surface area contributed by atoms with Gasteiger partial charge >= 0.3 is 0 Å². The summed E-state index contributed by atoms with van der Waals surface area (Å²) >= 11 is 1.52. The third kappa shape index (κ3) is 2.72. The molecular formula is C14H19N3O3S. The van der Waals surface area contributed by atoms with Crippen molar-refractivity contribution in [1.82, 2.24) is 14.9 Å². The molecule has 1 fully saturated rings. The van der Waals surface area contributed by atoms with Crippen LogP contribution in [-0.4, -0.2) is 38.5 Å². The Labute approximate surface area is 127 Å². The van der Waals surface area contributed by atoms with Crippen molar-refractivity contribution in [3.05, 3.63) is 22.1 Å².